The number of urea groups is 1. The summed E-state index contributed by atoms with van der Waals surface area (Å²) >= 11 is 0. The highest BCUT2D eigenvalue weighted by atomic mass is 16.4. The van der Waals surface area contributed by atoms with E-state index in [2.05, 4.69) is 5.32 Å². The zero-order chi connectivity index (χ0) is 15.1. The molecule has 1 unspecified atom stereocenters. The number of hydrogen-bond donors (Lipinski definition) is 2. The molecule has 0 heterocycles. The lowest BCUT2D eigenvalue weighted by atomic mass is 9.85. The van der Waals surface area contributed by atoms with E-state index in [9.17, 15) is 9.59 Å². The minimum atomic E-state index is -0.944. The van der Waals surface area contributed by atoms with Crippen LogP contribution in [0.25, 0.3) is 0 Å². The van der Waals surface area contributed by atoms with Crippen molar-refractivity contribution < 1.29 is 14.7 Å². The number of carbonyl (C=O) groups is 2. The summed E-state index contributed by atoms with van der Waals surface area (Å²) in [5.41, 5.74) is -0.345. The smallest absolute Gasteiger partial charge is 0.317 e. The Kier molecular flexibility index (Phi) is 6.91. The zero-order valence-electron chi connectivity index (χ0n) is 12.1. The maximum Gasteiger partial charge on any atom is 0.317 e. The summed E-state index contributed by atoms with van der Waals surface area (Å²) in [7, 11) is 0. The molecular weight excluding hydrogens is 246 g/mol. The van der Waals surface area contributed by atoms with E-state index in [0.717, 1.165) is 0 Å². The van der Waals surface area contributed by atoms with Crippen molar-refractivity contribution in [3.63, 3.8) is 0 Å². The van der Waals surface area contributed by atoms with Gasteiger partial charge in [-0.25, -0.2) is 4.79 Å². The molecular formula is C13H23N3O3. The van der Waals surface area contributed by atoms with Gasteiger partial charge in [0.2, 0.25) is 0 Å². The van der Waals surface area contributed by atoms with Crippen molar-refractivity contribution in [1.82, 2.24) is 10.2 Å². The van der Waals surface area contributed by atoms with E-state index in [4.69, 9.17) is 10.4 Å². The van der Waals surface area contributed by atoms with Crippen molar-refractivity contribution >= 4 is 12.0 Å². The molecule has 0 radical (unpaired) electrons. The van der Waals surface area contributed by atoms with Crippen LogP contribution in [-0.4, -0.2) is 41.1 Å². The molecule has 2 N–H and O–H groups in total. The maximum absolute atomic E-state index is 12.0. The fourth-order valence-electron chi connectivity index (χ4n) is 1.58. The van der Waals surface area contributed by atoms with E-state index in [1.54, 1.807) is 0 Å². The minimum absolute atomic E-state index is 0.120. The second kappa shape index (κ2) is 7.62. The average molecular weight is 269 g/mol. The zero-order valence-corrected chi connectivity index (χ0v) is 12.1. The van der Waals surface area contributed by atoms with Gasteiger partial charge in [-0.1, -0.05) is 20.8 Å². The third-order valence-corrected chi connectivity index (χ3v) is 2.88. The quantitative estimate of drug-likeness (QED) is 0.769. The lowest BCUT2D eigenvalue weighted by Crippen LogP contribution is -2.50. The number of nitrogens with one attached hydrogen (secondary N) is 1. The van der Waals surface area contributed by atoms with Crippen molar-refractivity contribution in [1.29, 1.82) is 5.26 Å². The summed E-state index contributed by atoms with van der Waals surface area (Å²) in [5.74, 6) is -0.944. The molecule has 0 aliphatic rings. The van der Waals surface area contributed by atoms with Crippen LogP contribution in [0, 0.1) is 16.7 Å². The highest BCUT2D eigenvalue weighted by Crippen LogP contribution is 2.22. The number of hydrogen-bond acceptors (Lipinski definition) is 3. The molecule has 6 nitrogen and oxygen atoms in total. The standard InChI is InChI=1S/C13H23N3O3/c1-5-16(8-6-7-14)12(19)15-10(9-11(17)18)13(2,3)4/h10H,5-6,8-9H2,1-4H3,(H,15,19)(H,17,18). The summed E-state index contributed by atoms with van der Waals surface area (Å²) in [6.07, 6.45) is 0.144. The molecule has 0 aromatic heterocycles. The summed E-state index contributed by atoms with van der Waals surface area (Å²) in [6.45, 7) is 8.30. The lowest BCUT2D eigenvalue weighted by Gasteiger charge is -2.32. The van der Waals surface area contributed by atoms with Gasteiger partial charge >= 0.3 is 12.0 Å². The monoisotopic (exact) mass is 269 g/mol. The predicted molar refractivity (Wildman–Crippen MR) is 71.5 cm³/mol. The van der Waals surface area contributed by atoms with Crippen molar-refractivity contribution in [3.8, 4) is 6.07 Å². The van der Waals surface area contributed by atoms with Gasteiger partial charge in [-0.15, -0.1) is 0 Å². The number of carboxylic acid groups (broad SMARTS) is 1. The van der Waals surface area contributed by atoms with Crippen LogP contribution in [0.2, 0.25) is 0 Å². The first-order valence-electron chi connectivity index (χ1n) is 6.36. The van der Waals surface area contributed by atoms with Crippen LogP contribution >= 0.6 is 0 Å². The highest BCUT2D eigenvalue weighted by molar-refractivity contribution is 5.76. The molecule has 0 saturated carbocycles. The van der Waals surface area contributed by atoms with Gasteiger partial charge < -0.3 is 15.3 Å². The first-order valence-corrected chi connectivity index (χ1v) is 6.36. The van der Waals surface area contributed by atoms with E-state index in [1.165, 1.54) is 4.90 Å². The molecule has 0 saturated heterocycles. The van der Waals surface area contributed by atoms with Crippen molar-refractivity contribution in [3.05, 3.63) is 0 Å². The number of carboxylic acids is 1. The summed E-state index contributed by atoms with van der Waals surface area (Å²) in [5, 5.41) is 20.2. The molecule has 19 heavy (non-hydrogen) atoms. The van der Waals surface area contributed by atoms with Gasteiger partial charge in [0.25, 0.3) is 0 Å². The van der Waals surface area contributed by atoms with E-state index in [1.807, 2.05) is 33.8 Å². The molecule has 0 spiro atoms. The highest BCUT2D eigenvalue weighted by Gasteiger charge is 2.29. The van der Waals surface area contributed by atoms with E-state index >= 15 is 0 Å². The number of nitriles is 1. The number of carbonyl (C=O) groups excluding carboxylic acids is 1. The van der Waals surface area contributed by atoms with Gasteiger partial charge in [-0.2, -0.15) is 5.26 Å². The Bertz CT molecular complexity index is 355. The molecule has 2 amide bonds. The van der Waals surface area contributed by atoms with Crippen molar-refractivity contribution in [2.75, 3.05) is 13.1 Å². The predicted octanol–water partition coefficient (Wildman–Crippen LogP) is 1.82. The largest absolute Gasteiger partial charge is 0.481 e. The number of amides is 2. The fraction of sp³-hybridized carbons (Fsp3) is 0.769. The molecule has 1 atom stereocenters. The Balaban J connectivity index is 4.69. The Morgan fingerprint density at radius 2 is 2.00 bits per heavy atom. The van der Waals surface area contributed by atoms with Gasteiger partial charge in [-0.05, 0) is 12.3 Å². The van der Waals surface area contributed by atoms with Crippen LogP contribution in [0.15, 0.2) is 0 Å². The van der Waals surface area contributed by atoms with Crippen LogP contribution in [0.3, 0.4) is 0 Å². The van der Waals surface area contributed by atoms with Crippen LogP contribution < -0.4 is 5.32 Å². The molecule has 6 heteroatoms. The third-order valence-electron chi connectivity index (χ3n) is 2.88. The first kappa shape index (κ1) is 17.2. The molecule has 0 bridgehead atoms. The normalized spacial score (nSPS) is 12.4. The molecule has 0 aliphatic carbocycles. The Morgan fingerprint density at radius 3 is 2.37 bits per heavy atom. The SMILES string of the molecule is CCN(CCC#N)C(=O)NC(CC(=O)O)C(C)(C)C. The van der Waals surface area contributed by atoms with Gasteiger partial charge in [0.05, 0.1) is 18.9 Å². The summed E-state index contributed by atoms with van der Waals surface area (Å²) in [4.78, 5) is 24.4. The number of rotatable bonds is 6. The summed E-state index contributed by atoms with van der Waals surface area (Å²) in [6, 6.07) is 1.22. The number of nitrogens with zero attached hydrogens (tertiary/aromatic N) is 2. The molecule has 0 fully saturated rings. The van der Waals surface area contributed by atoms with Gasteiger partial charge in [0.1, 0.15) is 0 Å². The molecule has 0 aromatic carbocycles. The number of aliphatic carboxylic acids is 1. The average Bonchev–Trinajstić information content (AvgIpc) is 2.27. The van der Waals surface area contributed by atoms with E-state index < -0.39 is 12.0 Å². The third kappa shape index (κ3) is 6.65. The Labute approximate surface area is 114 Å². The van der Waals surface area contributed by atoms with Gasteiger partial charge in [0.15, 0.2) is 0 Å². The summed E-state index contributed by atoms with van der Waals surface area (Å²) < 4.78 is 0. The minimum Gasteiger partial charge on any atom is -0.481 e. The first-order chi connectivity index (χ1) is 8.72. The Hall–Kier alpha value is -1.77. The Morgan fingerprint density at radius 1 is 1.42 bits per heavy atom. The molecule has 0 aliphatic heterocycles. The van der Waals surface area contributed by atoms with Crippen LogP contribution in [0.5, 0.6) is 0 Å². The second-order valence-electron chi connectivity index (χ2n) is 5.45. The topological polar surface area (TPSA) is 93.4 Å². The van der Waals surface area contributed by atoms with Crippen LogP contribution in [0.4, 0.5) is 4.79 Å². The lowest BCUT2D eigenvalue weighted by molar-refractivity contribution is -0.138. The van der Waals surface area contributed by atoms with E-state index in [0.29, 0.717) is 13.1 Å². The molecule has 0 aromatic rings. The van der Waals surface area contributed by atoms with Gasteiger partial charge in [-0.3, -0.25) is 4.79 Å². The van der Waals surface area contributed by atoms with Crippen LogP contribution in [0.1, 0.15) is 40.5 Å². The maximum atomic E-state index is 12.0. The van der Waals surface area contributed by atoms with Crippen molar-refractivity contribution in [2.24, 2.45) is 5.41 Å². The second-order valence-corrected chi connectivity index (χ2v) is 5.45. The van der Waals surface area contributed by atoms with Gasteiger partial charge in [0, 0.05) is 19.1 Å². The van der Waals surface area contributed by atoms with Crippen LogP contribution in [-0.2, 0) is 4.79 Å². The van der Waals surface area contributed by atoms with Crippen molar-refractivity contribution in [2.45, 2.75) is 46.6 Å². The molecule has 108 valence electrons. The van der Waals surface area contributed by atoms with E-state index in [-0.39, 0.29) is 24.3 Å². The fourth-order valence-corrected chi connectivity index (χ4v) is 1.58. The molecule has 0 rings (SSSR count).